The van der Waals surface area contributed by atoms with Crippen LogP contribution in [0.25, 0.3) is 5.70 Å². The Kier molecular flexibility index (Phi) is 8.55. The first-order valence-electron chi connectivity index (χ1n) is 10.6. The second-order valence-electron chi connectivity index (χ2n) is 7.72. The summed E-state index contributed by atoms with van der Waals surface area (Å²) in [5, 5.41) is 9.34. The molecule has 170 valence electrons. The third kappa shape index (κ3) is 7.12. The Morgan fingerprint density at radius 2 is 1.82 bits per heavy atom. The lowest BCUT2D eigenvalue weighted by Crippen LogP contribution is -2.36. The molecule has 1 N–H and O–H groups in total. The molecule has 0 aliphatic carbocycles. The fraction of sp³-hybridized carbons (Fsp3) is 0.185. The van der Waals surface area contributed by atoms with Crippen molar-refractivity contribution in [3.8, 4) is 0 Å². The zero-order valence-electron chi connectivity index (χ0n) is 18.5. The van der Waals surface area contributed by atoms with Gasteiger partial charge in [-0.25, -0.2) is 9.38 Å². The standard InChI is InChI=1S/C27H26BrFN2O2/c1-19-17-24(29)11-12-25(19)27(30-20(2)22-9-6-10-23(28)18-22)31(16-14-26(32)33)15-13-21-7-4-3-5-8-21/h3-12,17-18H,2,13-16H2,1H3,(H,32,33). The highest BCUT2D eigenvalue weighted by molar-refractivity contribution is 9.10. The highest BCUT2D eigenvalue weighted by Gasteiger charge is 2.18. The van der Waals surface area contributed by atoms with Gasteiger partial charge >= 0.3 is 5.97 Å². The summed E-state index contributed by atoms with van der Waals surface area (Å²) in [4.78, 5) is 18.2. The van der Waals surface area contributed by atoms with Gasteiger partial charge in [0.25, 0.3) is 0 Å². The summed E-state index contributed by atoms with van der Waals surface area (Å²) in [7, 11) is 0. The molecule has 3 aromatic carbocycles. The molecule has 0 bridgehead atoms. The van der Waals surface area contributed by atoms with Gasteiger partial charge in [-0.3, -0.25) is 4.79 Å². The number of aliphatic carboxylic acids is 1. The van der Waals surface area contributed by atoms with Gasteiger partial charge in [0.15, 0.2) is 0 Å². The molecule has 4 nitrogen and oxygen atoms in total. The van der Waals surface area contributed by atoms with E-state index in [9.17, 15) is 14.3 Å². The molecule has 0 spiro atoms. The minimum absolute atomic E-state index is 0.0442. The lowest BCUT2D eigenvalue weighted by atomic mass is 10.1. The highest BCUT2D eigenvalue weighted by atomic mass is 79.9. The van der Waals surface area contributed by atoms with Gasteiger partial charge in [0.1, 0.15) is 11.7 Å². The van der Waals surface area contributed by atoms with Crippen molar-refractivity contribution >= 4 is 33.4 Å². The van der Waals surface area contributed by atoms with Crippen molar-refractivity contribution < 1.29 is 14.3 Å². The van der Waals surface area contributed by atoms with E-state index in [1.54, 1.807) is 6.07 Å². The van der Waals surface area contributed by atoms with Crippen LogP contribution in [0.5, 0.6) is 0 Å². The molecule has 0 amide bonds. The number of carboxylic acid groups (broad SMARTS) is 1. The number of hydrogen-bond acceptors (Lipinski definition) is 2. The second kappa shape index (κ2) is 11.6. The number of carbonyl (C=O) groups is 1. The van der Waals surface area contributed by atoms with Crippen molar-refractivity contribution in [3.05, 3.63) is 112 Å². The number of rotatable bonds is 9. The van der Waals surface area contributed by atoms with Gasteiger partial charge < -0.3 is 10.0 Å². The van der Waals surface area contributed by atoms with Crippen LogP contribution < -0.4 is 0 Å². The van der Waals surface area contributed by atoms with E-state index >= 15 is 0 Å². The second-order valence-corrected chi connectivity index (χ2v) is 8.63. The van der Waals surface area contributed by atoms with Crippen LogP contribution in [0.2, 0.25) is 0 Å². The average Bonchev–Trinajstić information content (AvgIpc) is 2.78. The topological polar surface area (TPSA) is 52.9 Å². The molecule has 0 saturated heterocycles. The first-order valence-corrected chi connectivity index (χ1v) is 11.4. The SMILES string of the molecule is C=C(N=C(c1ccc(F)cc1C)N(CCC(=O)O)CCc1ccccc1)c1cccc(Br)c1. The fourth-order valence-corrected chi connectivity index (χ4v) is 3.90. The summed E-state index contributed by atoms with van der Waals surface area (Å²) in [6.45, 7) is 6.79. The van der Waals surface area contributed by atoms with E-state index in [0.29, 0.717) is 24.5 Å². The Labute approximate surface area is 202 Å². The molecule has 0 heterocycles. The molecule has 0 aliphatic heterocycles. The molecular weight excluding hydrogens is 483 g/mol. The van der Waals surface area contributed by atoms with Crippen molar-refractivity contribution in [2.75, 3.05) is 13.1 Å². The van der Waals surface area contributed by atoms with E-state index in [1.165, 1.54) is 12.1 Å². The Balaban J connectivity index is 2.03. The van der Waals surface area contributed by atoms with Crippen molar-refractivity contribution in [1.29, 1.82) is 0 Å². The van der Waals surface area contributed by atoms with E-state index in [1.807, 2.05) is 66.4 Å². The number of benzene rings is 3. The maximum atomic E-state index is 13.9. The summed E-state index contributed by atoms with van der Waals surface area (Å²) in [6, 6.07) is 22.2. The van der Waals surface area contributed by atoms with E-state index < -0.39 is 5.97 Å². The van der Waals surface area contributed by atoms with Gasteiger partial charge in [-0.2, -0.15) is 0 Å². The maximum absolute atomic E-state index is 13.9. The zero-order valence-corrected chi connectivity index (χ0v) is 20.1. The van der Waals surface area contributed by atoms with Gasteiger partial charge in [0.05, 0.1) is 12.1 Å². The van der Waals surface area contributed by atoms with Crippen molar-refractivity contribution in [2.24, 2.45) is 4.99 Å². The summed E-state index contributed by atoms with van der Waals surface area (Å²) >= 11 is 3.47. The van der Waals surface area contributed by atoms with Crippen LogP contribution in [0, 0.1) is 12.7 Å². The first-order chi connectivity index (χ1) is 15.8. The number of aliphatic imine (C=N–C) groups is 1. The average molecular weight is 509 g/mol. The predicted octanol–water partition coefficient (Wildman–Crippen LogP) is 6.33. The molecule has 0 aliphatic rings. The molecule has 0 aromatic heterocycles. The van der Waals surface area contributed by atoms with E-state index in [0.717, 1.165) is 26.7 Å². The molecule has 6 heteroatoms. The van der Waals surface area contributed by atoms with Crippen molar-refractivity contribution in [3.63, 3.8) is 0 Å². The van der Waals surface area contributed by atoms with E-state index in [-0.39, 0.29) is 18.8 Å². The Hall–Kier alpha value is -3.25. The lowest BCUT2D eigenvalue weighted by Gasteiger charge is -2.27. The summed E-state index contributed by atoms with van der Waals surface area (Å²) in [5.74, 6) is -0.641. The summed E-state index contributed by atoms with van der Waals surface area (Å²) in [5.41, 5.74) is 3.97. The summed E-state index contributed by atoms with van der Waals surface area (Å²) in [6.07, 6.45) is 0.667. The monoisotopic (exact) mass is 508 g/mol. The van der Waals surface area contributed by atoms with Crippen LogP contribution in [0.15, 0.2) is 88.8 Å². The molecule has 3 rings (SSSR count). The number of hydrogen-bond donors (Lipinski definition) is 1. The first kappa shape index (κ1) is 24.4. The highest BCUT2D eigenvalue weighted by Crippen LogP contribution is 2.22. The maximum Gasteiger partial charge on any atom is 0.305 e. The molecule has 3 aromatic rings. The number of carboxylic acids is 1. The van der Waals surface area contributed by atoms with Crippen LogP contribution in [-0.4, -0.2) is 34.9 Å². The van der Waals surface area contributed by atoms with Crippen molar-refractivity contribution in [1.82, 2.24) is 4.90 Å². The molecule has 0 fully saturated rings. The molecule has 33 heavy (non-hydrogen) atoms. The smallest absolute Gasteiger partial charge is 0.305 e. The zero-order chi connectivity index (χ0) is 23.8. The molecule has 0 radical (unpaired) electrons. The quantitative estimate of drug-likeness (QED) is 0.271. The number of nitrogens with zero attached hydrogens (tertiary/aromatic N) is 2. The summed E-state index contributed by atoms with van der Waals surface area (Å²) < 4.78 is 14.8. The minimum atomic E-state index is -0.888. The normalized spacial score (nSPS) is 11.3. The van der Waals surface area contributed by atoms with Gasteiger partial charge in [-0.1, -0.05) is 65.0 Å². The lowest BCUT2D eigenvalue weighted by molar-refractivity contribution is -0.137. The van der Waals surface area contributed by atoms with Crippen LogP contribution in [0.3, 0.4) is 0 Å². The van der Waals surface area contributed by atoms with Crippen LogP contribution in [0.4, 0.5) is 4.39 Å². The number of amidine groups is 1. The molecule has 0 atom stereocenters. The molecule has 0 unspecified atom stereocenters. The van der Waals surface area contributed by atoms with Crippen LogP contribution >= 0.6 is 15.9 Å². The third-order valence-electron chi connectivity index (χ3n) is 5.24. The largest absolute Gasteiger partial charge is 0.481 e. The van der Waals surface area contributed by atoms with Crippen LogP contribution in [-0.2, 0) is 11.2 Å². The minimum Gasteiger partial charge on any atom is -0.481 e. The van der Waals surface area contributed by atoms with Gasteiger partial charge in [-0.05, 0) is 54.8 Å². The Morgan fingerprint density at radius 3 is 2.48 bits per heavy atom. The fourth-order valence-electron chi connectivity index (χ4n) is 3.50. The van der Waals surface area contributed by atoms with Gasteiger partial charge in [0, 0.05) is 28.7 Å². The van der Waals surface area contributed by atoms with E-state index in [4.69, 9.17) is 4.99 Å². The predicted molar refractivity (Wildman–Crippen MR) is 135 cm³/mol. The number of aryl methyl sites for hydroxylation is 1. The van der Waals surface area contributed by atoms with Crippen LogP contribution in [0.1, 0.15) is 28.7 Å². The Bertz CT molecular complexity index is 1160. The van der Waals surface area contributed by atoms with Gasteiger partial charge in [-0.15, -0.1) is 0 Å². The number of halogens is 2. The van der Waals surface area contributed by atoms with Gasteiger partial charge in [0.2, 0.25) is 0 Å². The molecular formula is C27H26BrFN2O2. The third-order valence-corrected chi connectivity index (χ3v) is 5.73. The molecule has 0 saturated carbocycles. The Morgan fingerprint density at radius 1 is 1.06 bits per heavy atom. The van der Waals surface area contributed by atoms with Crippen molar-refractivity contribution in [2.45, 2.75) is 19.8 Å². The van der Waals surface area contributed by atoms with E-state index in [2.05, 4.69) is 22.5 Å².